The molecule has 156 valence electrons. The van der Waals surface area contributed by atoms with E-state index in [4.69, 9.17) is 11.6 Å². The van der Waals surface area contributed by atoms with Crippen LogP contribution < -0.4 is 4.90 Å². The smallest absolute Gasteiger partial charge is 0.337 e. The molecule has 1 aromatic carbocycles. The van der Waals surface area contributed by atoms with E-state index < -0.39 is 23.3 Å². The van der Waals surface area contributed by atoms with Gasteiger partial charge in [-0.1, -0.05) is 11.6 Å². The molecule has 4 rings (SSSR count). The fourth-order valence-corrected chi connectivity index (χ4v) is 3.42. The number of hydrogen-bond donors (Lipinski definition) is 0. The number of rotatable bonds is 3. The average Bonchev–Trinajstić information content (AvgIpc) is 3.20. The van der Waals surface area contributed by atoms with Crippen molar-refractivity contribution >= 4 is 23.5 Å². The normalized spacial score (nSPS) is 14.8. The highest BCUT2D eigenvalue weighted by molar-refractivity contribution is 6.30. The first-order chi connectivity index (χ1) is 14.3. The molecule has 2 aromatic heterocycles. The molecule has 0 radical (unpaired) electrons. The minimum absolute atomic E-state index is 0.164. The standard InChI is InChI=1S/C19H16ClF3N6O/c20-13-2-4-14(5-3-13)29-16(19(21,22)23)15(12-26-29)17(30)27-8-10-28(11-9-27)18-24-6-1-7-25-18/h1-7,12H,8-11H2. The maximum absolute atomic E-state index is 13.8. The second-order valence-corrected chi connectivity index (χ2v) is 7.06. The minimum Gasteiger partial charge on any atom is -0.337 e. The fourth-order valence-electron chi connectivity index (χ4n) is 3.29. The lowest BCUT2D eigenvalue weighted by atomic mass is 10.2. The number of alkyl halides is 3. The summed E-state index contributed by atoms with van der Waals surface area (Å²) in [7, 11) is 0. The van der Waals surface area contributed by atoms with Crippen LogP contribution in [0.15, 0.2) is 48.9 Å². The van der Waals surface area contributed by atoms with Crippen molar-refractivity contribution in [1.29, 1.82) is 0 Å². The van der Waals surface area contributed by atoms with Crippen LogP contribution in [-0.2, 0) is 6.18 Å². The van der Waals surface area contributed by atoms with E-state index >= 15 is 0 Å². The van der Waals surface area contributed by atoms with Crippen LogP contribution >= 0.6 is 11.6 Å². The number of piperazine rings is 1. The molecule has 7 nitrogen and oxygen atoms in total. The van der Waals surface area contributed by atoms with Gasteiger partial charge in [0, 0.05) is 43.6 Å². The molecular weight excluding hydrogens is 421 g/mol. The molecule has 1 amide bonds. The maximum atomic E-state index is 13.8. The Balaban J connectivity index is 1.58. The summed E-state index contributed by atoms with van der Waals surface area (Å²) >= 11 is 5.82. The Morgan fingerprint density at radius 2 is 1.63 bits per heavy atom. The molecule has 3 heterocycles. The van der Waals surface area contributed by atoms with Crippen LogP contribution in [0, 0.1) is 0 Å². The summed E-state index contributed by atoms with van der Waals surface area (Å²) in [6, 6.07) is 7.45. The Bertz CT molecular complexity index is 1030. The molecule has 11 heteroatoms. The van der Waals surface area contributed by atoms with Crippen molar-refractivity contribution in [3.05, 3.63) is 65.2 Å². The fraction of sp³-hybridized carbons (Fsp3) is 0.263. The number of aromatic nitrogens is 4. The molecule has 1 aliphatic heterocycles. The number of nitrogens with zero attached hydrogens (tertiary/aromatic N) is 6. The van der Waals surface area contributed by atoms with Gasteiger partial charge in [-0.25, -0.2) is 14.6 Å². The van der Waals surface area contributed by atoms with Crippen LogP contribution in [0.4, 0.5) is 19.1 Å². The highest BCUT2D eigenvalue weighted by Crippen LogP contribution is 2.34. The second-order valence-electron chi connectivity index (χ2n) is 6.62. The highest BCUT2D eigenvalue weighted by atomic mass is 35.5. The van der Waals surface area contributed by atoms with E-state index in [9.17, 15) is 18.0 Å². The van der Waals surface area contributed by atoms with Crippen LogP contribution in [0.5, 0.6) is 0 Å². The zero-order chi connectivity index (χ0) is 21.3. The molecule has 0 spiro atoms. The van der Waals surface area contributed by atoms with Gasteiger partial charge in [-0.3, -0.25) is 4.79 Å². The van der Waals surface area contributed by atoms with Crippen LogP contribution in [0.2, 0.25) is 5.02 Å². The van der Waals surface area contributed by atoms with Crippen LogP contribution in [0.25, 0.3) is 5.69 Å². The molecule has 0 bridgehead atoms. The zero-order valence-corrected chi connectivity index (χ0v) is 16.3. The summed E-state index contributed by atoms with van der Waals surface area (Å²) in [6.07, 6.45) is -0.575. The van der Waals surface area contributed by atoms with Crippen molar-refractivity contribution in [2.24, 2.45) is 0 Å². The van der Waals surface area contributed by atoms with Gasteiger partial charge in [0.1, 0.15) is 0 Å². The summed E-state index contributed by atoms with van der Waals surface area (Å²) < 4.78 is 42.2. The molecule has 0 saturated carbocycles. The summed E-state index contributed by atoms with van der Waals surface area (Å²) in [4.78, 5) is 24.5. The van der Waals surface area contributed by atoms with Gasteiger partial charge < -0.3 is 9.80 Å². The predicted octanol–water partition coefficient (Wildman–Crippen LogP) is 3.30. The topological polar surface area (TPSA) is 67.2 Å². The van der Waals surface area contributed by atoms with E-state index in [1.807, 2.05) is 4.90 Å². The second kappa shape index (κ2) is 7.94. The minimum atomic E-state index is -4.76. The molecule has 1 aliphatic rings. The molecule has 0 atom stereocenters. The quantitative estimate of drug-likeness (QED) is 0.630. The van der Waals surface area contributed by atoms with E-state index in [0.717, 1.165) is 10.9 Å². The third kappa shape index (κ3) is 3.95. The van der Waals surface area contributed by atoms with Gasteiger partial charge in [0.25, 0.3) is 5.91 Å². The van der Waals surface area contributed by atoms with Crippen molar-refractivity contribution in [2.75, 3.05) is 31.1 Å². The predicted molar refractivity (Wildman–Crippen MR) is 104 cm³/mol. The number of halogens is 4. The SMILES string of the molecule is O=C(c1cnn(-c2ccc(Cl)cc2)c1C(F)(F)F)N1CCN(c2ncccn2)CC1. The third-order valence-corrected chi connectivity index (χ3v) is 4.99. The number of anilines is 1. The van der Waals surface area contributed by atoms with Crippen LogP contribution in [-0.4, -0.2) is 56.7 Å². The molecule has 3 aromatic rings. The Morgan fingerprint density at radius 1 is 1.00 bits per heavy atom. The van der Waals surface area contributed by atoms with Gasteiger partial charge in [-0.2, -0.15) is 18.3 Å². The lowest BCUT2D eigenvalue weighted by Crippen LogP contribution is -2.49. The first-order valence-electron chi connectivity index (χ1n) is 9.07. The van der Waals surface area contributed by atoms with Crippen molar-refractivity contribution < 1.29 is 18.0 Å². The van der Waals surface area contributed by atoms with Crippen LogP contribution in [0.1, 0.15) is 16.1 Å². The summed E-state index contributed by atoms with van der Waals surface area (Å²) in [5.74, 6) is -0.188. The van der Waals surface area contributed by atoms with E-state index in [-0.39, 0.29) is 18.8 Å². The Hall–Kier alpha value is -3.14. The summed E-state index contributed by atoms with van der Waals surface area (Å²) in [6.45, 7) is 1.34. The Morgan fingerprint density at radius 3 is 2.23 bits per heavy atom. The van der Waals surface area contributed by atoms with E-state index in [2.05, 4.69) is 15.1 Å². The molecular formula is C19H16ClF3N6O. The van der Waals surface area contributed by atoms with E-state index in [0.29, 0.717) is 24.1 Å². The molecule has 1 saturated heterocycles. The lowest BCUT2D eigenvalue weighted by Gasteiger charge is -2.34. The van der Waals surface area contributed by atoms with Gasteiger partial charge in [0.15, 0.2) is 5.69 Å². The van der Waals surface area contributed by atoms with E-state index in [1.165, 1.54) is 29.2 Å². The number of hydrogen-bond acceptors (Lipinski definition) is 5. The van der Waals surface area contributed by atoms with Gasteiger partial charge in [-0.15, -0.1) is 0 Å². The summed E-state index contributed by atoms with van der Waals surface area (Å²) in [5.41, 5.74) is -1.43. The molecule has 0 aliphatic carbocycles. The number of carbonyl (C=O) groups excluding carboxylic acids is 1. The lowest BCUT2D eigenvalue weighted by molar-refractivity contribution is -0.143. The van der Waals surface area contributed by atoms with Crippen LogP contribution in [0.3, 0.4) is 0 Å². The van der Waals surface area contributed by atoms with E-state index in [1.54, 1.807) is 18.5 Å². The molecule has 0 N–H and O–H groups in total. The zero-order valence-electron chi connectivity index (χ0n) is 15.6. The molecule has 1 fully saturated rings. The molecule has 0 unspecified atom stereocenters. The summed E-state index contributed by atoms with van der Waals surface area (Å²) in [5, 5.41) is 4.22. The van der Waals surface area contributed by atoms with Gasteiger partial charge in [-0.05, 0) is 30.3 Å². The Labute approximate surface area is 174 Å². The first-order valence-corrected chi connectivity index (χ1v) is 9.45. The van der Waals surface area contributed by atoms with Crippen molar-refractivity contribution in [3.63, 3.8) is 0 Å². The van der Waals surface area contributed by atoms with Gasteiger partial charge >= 0.3 is 6.18 Å². The Kier molecular flexibility index (Phi) is 5.33. The monoisotopic (exact) mass is 436 g/mol. The van der Waals surface area contributed by atoms with Gasteiger partial charge in [0.05, 0.1) is 17.4 Å². The molecule has 30 heavy (non-hydrogen) atoms. The first kappa shape index (κ1) is 20.1. The average molecular weight is 437 g/mol. The van der Waals surface area contributed by atoms with Crippen molar-refractivity contribution in [2.45, 2.75) is 6.18 Å². The number of amides is 1. The number of benzene rings is 1. The van der Waals surface area contributed by atoms with Crippen molar-refractivity contribution in [1.82, 2.24) is 24.6 Å². The number of carbonyl (C=O) groups is 1. The largest absolute Gasteiger partial charge is 0.434 e. The highest BCUT2D eigenvalue weighted by Gasteiger charge is 2.41. The van der Waals surface area contributed by atoms with Gasteiger partial charge in [0.2, 0.25) is 5.95 Å². The van der Waals surface area contributed by atoms with Crippen molar-refractivity contribution in [3.8, 4) is 5.69 Å². The maximum Gasteiger partial charge on any atom is 0.434 e. The third-order valence-electron chi connectivity index (χ3n) is 4.74.